The van der Waals surface area contributed by atoms with Crippen LogP contribution in [0, 0.1) is 17.5 Å². The van der Waals surface area contributed by atoms with Crippen molar-refractivity contribution in [1.29, 1.82) is 0 Å². The molecule has 4 rings (SSSR count). The molecule has 0 saturated carbocycles. The molecule has 0 atom stereocenters. The van der Waals surface area contributed by atoms with E-state index in [1.165, 1.54) is 18.2 Å². The van der Waals surface area contributed by atoms with Gasteiger partial charge in [0.1, 0.15) is 17.5 Å². The molecule has 2 aromatic carbocycles. The molecule has 0 spiro atoms. The van der Waals surface area contributed by atoms with E-state index in [-0.39, 0.29) is 45.4 Å². The molecular weight excluding hydrogens is 445 g/mol. The molecule has 0 unspecified atom stereocenters. The number of benzene rings is 2. The Balaban J connectivity index is 1.64. The van der Waals surface area contributed by atoms with Gasteiger partial charge in [-0.25, -0.2) is 13.2 Å². The van der Waals surface area contributed by atoms with E-state index in [9.17, 15) is 0 Å². The summed E-state index contributed by atoms with van der Waals surface area (Å²) in [7, 11) is 0. The maximum atomic E-state index is 15.4. The summed E-state index contributed by atoms with van der Waals surface area (Å²) < 4.78 is 46.1. The quantitative estimate of drug-likeness (QED) is 0.462. The van der Waals surface area contributed by atoms with E-state index in [2.05, 4.69) is 66.0 Å². The summed E-state index contributed by atoms with van der Waals surface area (Å²) in [6.45, 7) is 16.9. The summed E-state index contributed by atoms with van der Waals surface area (Å²) in [5, 5.41) is 7.20. The van der Waals surface area contributed by atoms with Gasteiger partial charge in [0.2, 0.25) is 0 Å². The van der Waals surface area contributed by atoms with Crippen LogP contribution in [-0.2, 0) is 0 Å². The van der Waals surface area contributed by atoms with E-state index in [1.807, 2.05) is 0 Å². The first-order chi connectivity index (χ1) is 16.0. The fraction of sp³-hybridized carbons (Fsp3) is 0.600. The van der Waals surface area contributed by atoms with Crippen LogP contribution in [0.15, 0.2) is 30.3 Å². The zero-order valence-corrected chi connectivity index (χ0v) is 22.5. The van der Waals surface area contributed by atoms with Crippen molar-refractivity contribution in [2.75, 3.05) is 0 Å². The molecule has 0 radical (unpaired) electrons. The van der Waals surface area contributed by atoms with E-state index in [4.69, 9.17) is 0 Å². The van der Waals surface area contributed by atoms with Gasteiger partial charge in [0.05, 0.1) is 0 Å². The lowest BCUT2D eigenvalue weighted by atomic mass is 9.72. The van der Waals surface area contributed by atoms with Crippen molar-refractivity contribution in [2.24, 2.45) is 0 Å². The second kappa shape index (κ2) is 8.62. The molecule has 0 aromatic heterocycles. The minimum Gasteiger partial charge on any atom is -0.307 e. The molecule has 2 aromatic rings. The van der Waals surface area contributed by atoms with Gasteiger partial charge >= 0.3 is 0 Å². The zero-order chi connectivity index (χ0) is 26.0. The van der Waals surface area contributed by atoms with Gasteiger partial charge < -0.3 is 10.6 Å². The molecule has 0 bridgehead atoms. The van der Waals surface area contributed by atoms with E-state index in [0.717, 1.165) is 12.8 Å². The van der Waals surface area contributed by atoms with Crippen LogP contribution in [-0.4, -0.2) is 22.2 Å². The predicted octanol–water partition coefficient (Wildman–Crippen LogP) is 7.82. The lowest BCUT2D eigenvalue weighted by Gasteiger charge is -2.47. The van der Waals surface area contributed by atoms with E-state index < -0.39 is 11.6 Å². The molecule has 2 heterocycles. The molecule has 2 saturated heterocycles. The van der Waals surface area contributed by atoms with Crippen LogP contribution in [0.2, 0.25) is 0 Å². The van der Waals surface area contributed by atoms with Gasteiger partial charge in [0, 0.05) is 27.7 Å². The number of piperidine rings is 2. The molecule has 5 heteroatoms. The maximum Gasteiger partial charge on any atom is 0.130 e. The molecule has 2 aliphatic rings. The van der Waals surface area contributed by atoms with Crippen molar-refractivity contribution in [2.45, 2.75) is 115 Å². The predicted molar refractivity (Wildman–Crippen MR) is 138 cm³/mol. The normalized spacial score (nSPS) is 23.9. The SMILES string of the molecule is CC1(C)CC(c2ccc(-c3cc(F)c(C4CC(C)(C)NC(C)(C)C4)c(F)c3)cc2F)CC(C)(C)N1. The highest BCUT2D eigenvalue weighted by atomic mass is 19.1. The van der Waals surface area contributed by atoms with Crippen LogP contribution in [0.4, 0.5) is 13.2 Å². The fourth-order valence-corrected chi connectivity index (χ4v) is 7.25. The highest BCUT2D eigenvalue weighted by Crippen LogP contribution is 2.43. The van der Waals surface area contributed by atoms with Crippen molar-refractivity contribution in [3.05, 3.63) is 58.9 Å². The van der Waals surface area contributed by atoms with Crippen LogP contribution in [0.1, 0.15) is 104 Å². The van der Waals surface area contributed by atoms with Crippen molar-refractivity contribution in [3.8, 4) is 11.1 Å². The summed E-state index contributed by atoms with van der Waals surface area (Å²) in [5.74, 6) is -1.55. The minimum atomic E-state index is -0.551. The number of rotatable bonds is 3. The molecule has 192 valence electrons. The van der Waals surface area contributed by atoms with Gasteiger partial charge in [0.25, 0.3) is 0 Å². The third-order valence-corrected chi connectivity index (χ3v) is 7.64. The first-order valence-corrected chi connectivity index (χ1v) is 12.8. The van der Waals surface area contributed by atoms with Crippen molar-refractivity contribution in [1.82, 2.24) is 10.6 Å². The molecule has 35 heavy (non-hydrogen) atoms. The Hall–Kier alpha value is -1.85. The Morgan fingerprint density at radius 2 is 0.971 bits per heavy atom. The molecular formula is C30H41F3N2. The van der Waals surface area contributed by atoms with Gasteiger partial charge in [-0.1, -0.05) is 12.1 Å². The third-order valence-electron chi connectivity index (χ3n) is 7.64. The van der Waals surface area contributed by atoms with Crippen molar-refractivity contribution in [3.63, 3.8) is 0 Å². The van der Waals surface area contributed by atoms with Gasteiger partial charge in [-0.05, 0) is 128 Å². The van der Waals surface area contributed by atoms with Crippen molar-refractivity contribution < 1.29 is 13.2 Å². The average molecular weight is 487 g/mol. The third kappa shape index (κ3) is 5.77. The van der Waals surface area contributed by atoms with Gasteiger partial charge in [0.15, 0.2) is 0 Å². The molecule has 2 aliphatic heterocycles. The topological polar surface area (TPSA) is 24.1 Å². The summed E-state index contributed by atoms with van der Waals surface area (Å²) in [6.07, 6.45) is 2.95. The van der Waals surface area contributed by atoms with E-state index in [1.54, 1.807) is 12.1 Å². The number of hydrogen-bond acceptors (Lipinski definition) is 2. The van der Waals surface area contributed by atoms with Gasteiger partial charge in [-0.3, -0.25) is 0 Å². The lowest BCUT2D eigenvalue weighted by molar-refractivity contribution is 0.158. The minimum absolute atomic E-state index is 0.0813. The monoisotopic (exact) mass is 486 g/mol. The highest BCUT2D eigenvalue weighted by Gasteiger charge is 2.41. The summed E-state index contributed by atoms with van der Waals surface area (Å²) in [6, 6.07) is 7.76. The molecule has 2 fully saturated rings. The second-order valence-electron chi connectivity index (χ2n) is 13.6. The molecule has 0 amide bonds. The number of nitrogens with one attached hydrogen (secondary N) is 2. The van der Waals surface area contributed by atoms with Crippen LogP contribution >= 0.6 is 0 Å². The second-order valence-corrected chi connectivity index (χ2v) is 13.6. The summed E-state index contributed by atoms with van der Waals surface area (Å²) in [4.78, 5) is 0. The lowest BCUT2D eigenvalue weighted by Crippen LogP contribution is -2.57. The first kappa shape index (κ1) is 26.2. The largest absolute Gasteiger partial charge is 0.307 e. The fourth-order valence-electron chi connectivity index (χ4n) is 7.25. The average Bonchev–Trinajstić information content (AvgIpc) is 2.62. The van der Waals surface area contributed by atoms with Crippen LogP contribution in [0.5, 0.6) is 0 Å². The van der Waals surface area contributed by atoms with Gasteiger partial charge in [-0.15, -0.1) is 0 Å². The number of hydrogen-bond donors (Lipinski definition) is 2. The Labute approximate surface area is 209 Å². The van der Waals surface area contributed by atoms with Crippen molar-refractivity contribution >= 4 is 0 Å². The zero-order valence-electron chi connectivity index (χ0n) is 22.5. The van der Waals surface area contributed by atoms with E-state index >= 15 is 13.2 Å². The van der Waals surface area contributed by atoms with Crippen LogP contribution in [0.25, 0.3) is 11.1 Å². The summed E-state index contributed by atoms with van der Waals surface area (Å²) >= 11 is 0. The van der Waals surface area contributed by atoms with Gasteiger partial charge in [-0.2, -0.15) is 0 Å². The molecule has 0 aliphatic carbocycles. The smallest absolute Gasteiger partial charge is 0.130 e. The Kier molecular flexibility index (Phi) is 6.46. The molecule has 2 nitrogen and oxygen atoms in total. The van der Waals surface area contributed by atoms with E-state index in [0.29, 0.717) is 29.5 Å². The first-order valence-electron chi connectivity index (χ1n) is 12.8. The highest BCUT2D eigenvalue weighted by molar-refractivity contribution is 5.65. The van der Waals surface area contributed by atoms with Crippen LogP contribution in [0.3, 0.4) is 0 Å². The molecule has 2 N–H and O–H groups in total. The maximum absolute atomic E-state index is 15.4. The number of halogens is 3. The van der Waals surface area contributed by atoms with Crippen LogP contribution < -0.4 is 10.6 Å². The summed E-state index contributed by atoms with van der Waals surface area (Å²) in [5.41, 5.74) is 1.04. The Bertz CT molecular complexity index is 1060. The Morgan fingerprint density at radius 1 is 0.571 bits per heavy atom. The standard InChI is InChI=1S/C30H41F3N2/c1-27(2)14-20(15-28(3,4)34-27)22-10-9-18(11-23(22)31)19-12-24(32)26(25(33)13-19)21-16-29(5,6)35-30(7,8)17-21/h9-13,20-21,34-35H,14-17H2,1-8H3. The Morgan fingerprint density at radius 3 is 1.40 bits per heavy atom.